The fourth-order valence-corrected chi connectivity index (χ4v) is 2.57. The summed E-state index contributed by atoms with van der Waals surface area (Å²) in [5.41, 5.74) is 1.88. The average molecular weight is 250 g/mol. The molecule has 1 N–H and O–H groups in total. The van der Waals surface area contributed by atoms with Gasteiger partial charge in [0.2, 0.25) is 0 Å². The van der Waals surface area contributed by atoms with Gasteiger partial charge >= 0.3 is 0 Å². The summed E-state index contributed by atoms with van der Waals surface area (Å²) >= 11 is 0. The van der Waals surface area contributed by atoms with Crippen molar-refractivity contribution in [2.24, 2.45) is 11.8 Å². The minimum Gasteiger partial charge on any atom is -0.371 e. The van der Waals surface area contributed by atoms with Crippen LogP contribution in [0.3, 0.4) is 0 Å². The highest BCUT2D eigenvalue weighted by molar-refractivity contribution is 5.49. The summed E-state index contributed by atoms with van der Waals surface area (Å²) in [7, 11) is 0. The molecule has 18 heavy (non-hydrogen) atoms. The molecule has 1 heterocycles. The van der Waals surface area contributed by atoms with E-state index >= 15 is 0 Å². The second-order valence-corrected chi connectivity index (χ2v) is 5.71. The van der Waals surface area contributed by atoms with Gasteiger partial charge in [0.25, 0.3) is 0 Å². The van der Waals surface area contributed by atoms with E-state index in [0.29, 0.717) is 11.8 Å². The van der Waals surface area contributed by atoms with Gasteiger partial charge in [-0.25, -0.2) is 4.39 Å². The van der Waals surface area contributed by atoms with Crippen molar-refractivity contribution in [3.63, 3.8) is 0 Å². The Bertz CT molecular complexity index is 393. The van der Waals surface area contributed by atoms with E-state index in [0.717, 1.165) is 37.4 Å². The number of nitrogens with one attached hydrogen (secondary N) is 1. The van der Waals surface area contributed by atoms with E-state index in [4.69, 9.17) is 0 Å². The van der Waals surface area contributed by atoms with Crippen LogP contribution in [-0.2, 0) is 0 Å². The van der Waals surface area contributed by atoms with Crippen molar-refractivity contribution in [1.29, 1.82) is 0 Å². The summed E-state index contributed by atoms with van der Waals surface area (Å²) in [6, 6.07) is 5.44. The molecule has 2 atom stereocenters. The van der Waals surface area contributed by atoms with Crippen LogP contribution >= 0.6 is 0 Å². The summed E-state index contributed by atoms with van der Waals surface area (Å²) in [5.74, 6) is 1.11. The minimum atomic E-state index is -0.117. The lowest BCUT2D eigenvalue weighted by molar-refractivity contribution is 0.410. The number of rotatable bonds is 1. The summed E-state index contributed by atoms with van der Waals surface area (Å²) in [5, 5.41) is 3.49. The van der Waals surface area contributed by atoms with Crippen molar-refractivity contribution in [2.45, 2.75) is 20.8 Å². The SMILES string of the molecule is Cc1cc(N2CC(C)CNCC(C)C2)ccc1F. The van der Waals surface area contributed by atoms with Crippen LogP contribution in [0.25, 0.3) is 0 Å². The van der Waals surface area contributed by atoms with Crippen LogP contribution in [0.5, 0.6) is 0 Å². The summed E-state index contributed by atoms with van der Waals surface area (Å²) in [6.07, 6.45) is 0. The molecule has 2 nitrogen and oxygen atoms in total. The number of hydrogen-bond acceptors (Lipinski definition) is 2. The van der Waals surface area contributed by atoms with Gasteiger partial charge in [-0.2, -0.15) is 0 Å². The molecule has 100 valence electrons. The first kappa shape index (κ1) is 13.3. The molecule has 1 aromatic rings. The molecule has 1 aliphatic heterocycles. The lowest BCUT2D eigenvalue weighted by Crippen LogP contribution is -2.42. The van der Waals surface area contributed by atoms with Crippen LogP contribution in [0.1, 0.15) is 19.4 Å². The van der Waals surface area contributed by atoms with Crippen molar-refractivity contribution < 1.29 is 4.39 Å². The molecule has 2 unspecified atom stereocenters. The predicted molar refractivity (Wildman–Crippen MR) is 74.5 cm³/mol. The van der Waals surface area contributed by atoms with Crippen molar-refractivity contribution in [2.75, 3.05) is 31.1 Å². The maximum absolute atomic E-state index is 13.3. The molecule has 1 aliphatic rings. The Kier molecular flexibility index (Phi) is 4.23. The topological polar surface area (TPSA) is 15.3 Å². The van der Waals surface area contributed by atoms with Gasteiger partial charge in [0.1, 0.15) is 5.82 Å². The first-order chi connectivity index (χ1) is 8.56. The van der Waals surface area contributed by atoms with Crippen LogP contribution in [0.15, 0.2) is 18.2 Å². The second kappa shape index (κ2) is 5.70. The van der Waals surface area contributed by atoms with Gasteiger partial charge in [-0.3, -0.25) is 0 Å². The monoisotopic (exact) mass is 250 g/mol. The number of hydrogen-bond donors (Lipinski definition) is 1. The molecule has 0 aliphatic carbocycles. The largest absolute Gasteiger partial charge is 0.371 e. The zero-order valence-corrected chi connectivity index (χ0v) is 11.5. The van der Waals surface area contributed by atoms with Crippen LogP contribution in [0.4, 0.5) is 10.1 Å². The molecular weight excluding hydrogens is 227 g/mol. The highest BCUT2D eigenvalue weighted by atomic mass is 19.1. The van der Waals surface area contributed by atoms with E-state index < -0.39 is 0 Å². The highest BCUT2D eigenvalue weighted by Crippen LogP contribution is 2.21. The van der Waals surface area contributed by atoms with E-state index in [-0.39, 0.29) is 5.82 Å². The van der Waals surface area contributed by atoms with Crippen molar-refractivity contribution >= 4 is 5.69 Å². The molecule has 3 heteroatoms. The second-order valence-electron chi connectivity index (χ2n) is 5.71. The molecule has 0 spiro atoms. The fourth-order valence-electron chi connectivity index (χ4n) is 2.57. The van der Waals surface area contributed by atoms with Gasteiger partial charge in [0, 0.05) is 18.8 Å². The summed E-state index contributed by atoms with van der Waals surface area (Å²) in [6.45, 7) is 10.5. The molecule has 0 amide bonds. The Hall–Kier alpha value is -1.09. The molecule has 1 saturated heterocycles. The van der Waals surface area contributed by atoms with E-state index in [9.17, 15) is 4.39 Å². The third-order valence-corrected chi connectivity index (χ3v) is 3.56. The highest BCUT2D eigenvalue weighted by Gasteiger charge is 2.18. The van der Waals surface area contributed by atoms with Gasteiger partial charge in [-0.15, -0.1) is 0 Å². The molecular formula is C15H23FN2. The average Bonchev–Trinajstić information content (AvgIpc) is 2.29. The van der Waals surface area contributed by atoms with E-state index in [2.05, 4.69) is 24.1 Å². The number of halogens is 1. The first-order valence-corrected chi connectivity index (χ1v) is 6.78. The van der Waals surface area contributed by atoms with Crippen LogP contribution in [-0.4, -0.2) is 26.2 Å². The molecule has 0 saturated carbocycles. The van der Waals surface area contributed by atoms with Crippen molar-refractivity contribution in [1.82, 2.24) is 5.32 Å². The number of benzene rings is 1. The fraction of sp³-hybridized carbons (Fsp3) is 0.600. The zero-order valence-electron chi connectivity index (χ0n) is 11.5. The standard InChI is InChI=1S/C15H23FN2/c1-11-7-17-8-12(2)10-18(9-11)14-4-5-15(16)13(3)6-14/h4-6,11-12,17H,7-10H2,1-3H3. The number of nitrogens with zero attached hydrogens (tertiary/aromatic N) is 1. The van der Waals surface area contributed by atoms with E-state index in [1.165, 1.54) is 0 Å². The molecule has 0 aromatic heterocycles. The Morgan fingerprint density at radius 1 is 1.17 bits per heavy atom. The van der Waals surface area contributed by atoms with Gasteiger partial charge in [0.15, 0.2) is 0 Å². The first-order valence-electron chi connectivity index (χ1n) is 6.78. The minimum absolute atomic E-state index is 0.117. The third kappa shape index (κ3) is 3.22. The number of anilines is 1. The molecule has 1 fully saturated rings. The smallest absolute Gasteiger partial charge is 0.126 e. The predicted octanol–water partition coefficient (Wildman–Crippen LogP) is 2.82. The van der Waals surface area contributed by atoms with E-state index in [1.807, 2.05) is 19.1 Å². The number of aryl methyl sites for hydroxylation is 1. The Labute approximate surface area is 109 Å². The molecule has 1 aromatic carbocycles. The van der Waals surface area contributed by atoms with Gasteiger partial charge in [-0.05, 0) is 55.6 Å². The normalized spacial score (nSPS) is 25.7. The zero-order chi connectivity index (χ0) is 13.1. The van der Waals surface area contributed by atoms with Crippen LogP contribution in [0, 0.1) is 24.6 Å². The van der Waals surface area contributed by atoms with Crippen molar-refractivity contribution in [3.8, 4) is 0 Å². The van der Waals surface area contributed by atoms with Gasteiger partial charge in [-0.1, -0.05) is 13.8 Å². The molecule has 0 radical (unpaired) electrons. The van der Waals surface area contributed by atoms with Crippen LogP contribution < -0.4 is 10.2 Å². The Morgan fingerprint density at radius 2 is 1.78 bits per heavy atom. The van der Waals surface area contributed by atoms with Gasteiger partial charge in [0.05, 0.1) is 0 Å². The molecule has 2 rings (SSSR count). The van der Waals surface area contributed by atoms with Crippen LogP contribution in [0.2, 0.25) is 0 Å². The third-order valence-electron chi connectivity index (χ3n) is 3.56. The lowest BCUT2D eigenvalue weighted by Gasteiger charge is -2.33. The maximum Gasteiger partial charge on any atom is 0.126 e. The lowest BCUT2D eigenvalue weighted by atomic mass is 10.0. The summed E-state index contributed by atoms with van der Waals surface area (Å²) < 4.78 is 13.3. The molecule has 0 bridgehead atoms. The maximum atomic E-state index is 13.3. The summed E-state index contributed by atoms with van der Waals surface area (Å²) in [4.78, 5) is 2.39. The quantitative estimate of drug-likeness (QED) is 0.824. The van der Waals surface area contributed by atoms with E-state index in [1.54, 1.807) is 6.07 Å². The van der Waals surface area contributed by atoms with Gasteiger partial charge < -0.3 is 10.2 Å². The van der Waals surface area contributed by atoms with Crippen molar-refractivity contribution in [3.05, 3.63) is 29.6 Å². The Morgan fingerprint density at radius 3 is 2.33 bits per heavy atom. The Balaban J connectivity index is 2.19.